The number of ether oxygens (including phenoxy) is 1. The zero-order chi connectivity index (χ0) is 14.9. The van der Waals surface area contributed by atoms with Crippen molar-refractivity contribution in [2.24, 2.45) is 12.0 Å². The third kappa shape index (κ3) is 4.83. The molecular weight excluding hydrogens is 266 g/mol. The zero-order valence-corrected chi connectivity index (χ0v) is 12.4. The van der Waals surface area contributed by atoms with Gasteiger partial charge in [-0.05, 0) is 18.2 Å². The molecule has 6 heteroatoms. The molecule has 0 bridgehead atoms. The highest BCUT2D eigenvalue weighted by atomic mass is 16.5. The molecule has 0 fully saturated rings. The van der Waals surface area contributed by atoms with Crippen LogP contribution in [-0.2, 0) is 13.6 Å². The van der Waals surface area contributed by atoms with Crippen molar-refractivity contribution in [3.05, 3.63) is 48.3 Å². The summed E-state index contributed by atoms with van der Waals surface area (Å²) in [7, 11) is 3.66. The lowest BCUT2D eigenvalue weighted by Gasteiger charge is -2.12. The van der Waals surface area contributed by atoms with Gasteiger partial charge in [0.2, 0.25) is 0 Å². The van der Waals surface area contributed by atoms with Crippen LogP contribution in [0.4, 0.5) is 0 Å². The Morgan fingerprint density at radius 2 is 2.05 bits per heavy atom. The van der Waals surface area contributed by atoms with Crippen molar-refractivity contribution >= 4 is 5.96 Å². The van der Waals surface area contributed by atoms with Gasteiger partial charge in [0.1, 0.15) is 12.4 Å². The van der Waals surface area contributed by atoms with E-state index in [9.17, 15) is 0 Å². The minimum absolute atomic E-state index is 0.580. The second kappa shape index (κ2) is 7.94. The van der Waals surface area contributed by atoms with Crippen molar-refractivity contribution in [2.75, 3.05) is 20.2 Å². The molecule has 0 atom stereocenters. The topological polar surface area (TPSA) is 63.5 Å². The second-order valence-electron chi connectivity index (χ2n) is 4.46. The number of aliphatic imine (C=N–C) groups is 1. The summed E-state index contributed by atoms with van der Waals surface area (Å²) < 4.78 is 7.44. The molecule has 0 aliphatic heterocycles. The highest BCUT2D eigenvalue weighted by Gasteiger charge is 2.01. The number of hydrogen-bond acceptors (Lipinski definition) is 3. The molecule has 1 aromatic heterocycles. The van der Waals surface area contributed by atoms with Crippen LogP contribution in [-0.4, -0.2) is 35.9 Å². The predicted octanol–water partition coefficient (Wildman–Crippen LogP) is 1.16. The number of aromatic nitrogens is 2. The second-order valence-corrected chi connectivity index (χ2v) is 4.46. The van der Waals surface area contributed by atoms with Gasteiger partial charge in [0, 0.05) is 20.3 Å². The third-order valence-electron chi connectivity index (χ3n) is 2.99. The zero-order valence-electron chi connectivity index (χ0n) is 12.4. The number of nitrogens with one attached hydrogen (secondary N) is 2. The Hall–Kier alpha value is -2.50. The summed E-state index contributed by atoms with van der Waals surface area (Å²) in [6.45, 7) is 1.94. The van der Waals surface area contributed by atoms with Crippen LogP contribution in [0, 0.1) is 0 Å². The van der Waals surface area contributed by atoms with Crippen LogP contribution in [0.1, 0.15) is 5.69 Å². The van der Waals surface area contributed by atoms with Gasteiger partial charge >= 0.3 is 0 Å². The van der Waals surface area contributed by atoms with Gasteiger partial charge in [0.05, 0.1) is 18.8 Å². The highest BCUT2D eigenvalue weighted by molar-refractivity contribution is 5.79. The normalized spacial score (nSPS) is 11.2. The summed E-state index contributed by atoms with van der Waals surface area (Å²) >= 11 is 0. The maximum Gasteiger partial charge on any atom is 0.191 e. The molecule has 0 radical (unpaired) electrons. The minimum atomic E-state index is 0.580. The summed E-state index contributed by atoms with van der Waals surface area (Å²) in [6.07, 6.45) is 1.78. The van der Waals surface area contributed by atoms with Crippen molar-refractivity contribution in [3.63, 3.8) is 0 Å². The molecule has 1 heterocycles. The number of para-hydroxylation sites is 1. The Bertz CT molecular complexity index is 564. The Labute approximate surface area is 124 Å². The lowest BCUT2D eigenvalue weighted by Crippen LogP contribution is -2.39. The summed E-state index contributed by atoms with van der Waals surface area (Å²) in [4.78, 5) is 4.17. The van der Waals surface area contributed by atoms with Crippen LogP contribution < -0.4 is 15.4 Å². The van der Waals surface area contributed by atoms with Gasteiger partial charge in [-0.1, -0.05) is 18.2 Å². The van der Waals surface area contributed by atoms with E-state index in [4.69, 9.17) is 4.74 Å². The molecule has 0 saturated carbocycles. The Morgan fingerprint density at radius 3 is 2.71 bits per heavy atom. The smallest absolute Gasteiger partial charge is 0.191 e. The molecule has 2 aromatic rings. The van der Waals surface area contributed by atoms with Gasteiger partial charge < -0.3 is 15.4 Å². The molecule has 0 aliphatic rings. The van der Waals surface area contributed by atoms with Crippen molar-refractivity contribution < 1.29 is 4.74 Å². The van der Waals surface area contributed by atoms with Gasteiger partial charge in [0.15, 0.2) is 5.96 Å². The van der Waals surface area contributed by atoms with Gasteiger partial charge in [-0.2, -0.15) is 5.10 Å². The molecule has 6 nitrogen and oxygen atoms in total. The quantitative estimate of drug-likeness (QED) is 0.475. The van der Waals surface area contributed by atoms with Crippen LogP contribution in [0.5, 0.6) is 5.75 Å². The highest BCUT2D eigenvalue weighted by Crippen LogP contribution is 2.07. The number of guanidine groups is 1. The first-order chi connectivity index (χ1) is 10.3. The van der Waals surface area contributed by atoms with E-state index < -0.39 is 0 Å². The molecule has 2 rings (SSSR count). The van der Waals surface area contributed by atoms with Gasteiger partial charge in [-0.15, -0.1) is 0 Å². The van der Waals surface area contributed by atoms with E-state index in [1.807, 2.05) is 48.1 Å². The standard InChI is InChI=1S/C15H21N5O/c1-16-15(18-12-13-8-9-19-20(13)2)17-10-11-21-14-6-4-3-5-7-14/h3-9H,10-12H2,1-2H3,(H2,16,17,18). The van der Waals surface area contributed by atoms with E-state index in [0.29, 0.717) is 19.7 Å². The Balaban J connectivity index is 1.67. The first-order valence-electron chi connectivity index (χ1n) is 6.89. The SMILES string of the molecule is CN=C(NCCOc1ccccc1)NCc1ccnn1C. The molecule has 21 heavy (non-hydrogen) atoms. The van der Waals surface area contributed by atoms with E-state index in [0.717, 1.165) is 17.4 Å². The Kier molecular flexibility index (Phi) is 5.63. The fourth-order valence-electron chi connectivity index (χ4n) is 1.82. The van der Waals surface area contributed by atoms with Crippen molar-refractivity contribution in [3.8, 4) is 5.75 Å². The van der Waals surface area contributed by atoms with Crippen molar-refractivity contribution in [1.82, 2.24) is 20.4 Å². The number of rotatable bonds is 6. The Morgan fingerprint density at radius 1 is 1.24 bits per heavy atom. The van der Waals surface area contributed by atoms with E-state index in [2.05, 4.69) is 20.7 Å². The van der Waals surface area contributed by atoms with Gasteiger partial charge in [0.25, 0.3) is 0 Å². The van der Waals surface area contributed by atoms with Crippen LogP contribution in [0.25, 0.3) is 0 Å². The number of benzene rings is 1. The van der Waals surface area contributed by atoms with Crippen molar-refractivity contribution in [2.45, 2.75) is 6.54 Å². The fraction of sp³-hybridized carbons (Fsp3) is 0.333. The first-order valence-corrected chi connectivity index (χ1v) is 6.89. The minimum Gasteiger partial charge on any atom is -0.492 e. The molecule has 0 amide bonds. The average Bonchev–Trinajstić information content (AvgIpc) is 2.93. The maximum atomic E-state index is 5.61. The summed E-state index contributed by atoms with van der Waals surface area (Å²) in [6, 6.07) is 11.7. The molecule has 0 aliphatic carbocycles. The molecule has 0 unspecified atom stereocenters. The van der Waals surface area contributed by atoms with E-state index in [1.54, 1.807) is 13.2 Å². The van der Waals surface area contributed by atoms with Gasteiger partial charge in [-0.3, -0.25) is 9.67 Å². The van der Waals surface area contributed by atoms with Gasteiger partial charge in [-0.25, -0.2) is 0 Å². The first kappa shape index (κ1) is 14.9. The van der Waals surface area contributed by atoms with Crippen LogP contribution >= 0.6 is 0 Å². The number of aryl methyl sites for hydroxylation is 1. The molecular formula is C15H21N5O. The molecule has 0 saturated heterocycles. The lowest BCUT2D eigenvalue weighted by atomic mass is 10.3. The summed E-state index contributed by atoms with van der Waals surface area (Å²) in [5.74, 6) is 1.62. The van der Waals surface area contributed by atoms with E-state index in [1.165, 1.54) is 0 Å². The number of nitrogens with zero attached hydrogens (tertiary/aromatic N) is 3. The van der Waals surface area contributed by atoms with Crippen LogP contribution in [0.2, 0.25) is 0 Å². The molecule has 112 valence electrons. The number of hydrogen-bond donors (Lipinski definition) is 2. The van der Waals surface area contributed by atoms with E-state index >= 15 is 0 Å². The van der Waals surface area contributed by atoms with Crippen LogP contribution in [0.15, 0.2) is 47.6 Å². The summed E-state index contributed by atoms with van der Waals surface area (Å²) in [5, 5.41) is 10.6. The lowest BCUT2D eigenvalue weighted by molar-refractivity contribution is 0.322. The van der Waals surface area contributed by atoms with E-state index in [-0.39, 0.29) is 0 Å². The predicted molar refractivity (Wildman–Crippen MR) is 83.3 cm³/mol. The maximum absolute atomic E-state index is 5.61. The monoisotopic (exact) mass is 287 g/mol. The van der Waals surface area contributed by atoms with Crippen LogP contribution in [0.3, 0.4) is 0 Å². The molecule has 2 N–H and O–H groups in total. The average molecular weight is 287 g/mol. The fourth-order valence-corrected chi connectivity index (χ4v) is 1.82. The largest absolute Gasteiger partial charge is 0.492 e. The molecule has 1 aromatic carbocycles. The van der Waals surface area contributed by atoms with Crippen molar-refractivity contribution in [1.29, 1.82) is 0 Å². The molecule has 0 spiro atoms. The third-order valence-corrected chi connectivity index (χ3v) is 2.99. The summed E-state index contributed by atoms with van der Waals surface area (Å²) in [5.41, 5.74) is 1.10.